The standard InChI is InChI=1S/C42H66O16/c1-17-28(44)31(47)32(48)38(53-17)57-36-30(46)19(3)55-40(34(36)50)58-35-29(45)18(2)54-39(33(35)49)56-22-10-12-41(4)21(15-22)6-7-23-24-8-9-25(20-14-27(43)52-16-20)42(5,37(24)51)13-11-26(23)41/h14,17-19,21-26,28-40,44-51H,6-13,15-16H2,1-5H3. The van der Waals surface area contributed by atoms with Crippen molar-refractivity contribution in [2.24, 2.45) is 40.4 Å². The molecule has 58 heavy (non-hydrogen) atoms. The van der Waals surface area contributed by atoms with Gasteiger partial charge in [0, 0.05) is 11.5 Å². The Labute approximate surface area is 339 Å². The first-order valence-electron chi connectivity index (χ1n) is 21.7. The molecule has 0 amide bonds. The first-order chi connectivity index (χ1) is 27.4. The molecular formula is C42H66O16. The molecule has 4 heterocycles. The largest absolute Gasteiger partial charge is 0.458 e. The highest BCUT2D eigenvalue weighted by atomic mass is 16.7. The fourth-order valence-electron chi connectivity index (χ4n) is 12.7. The van der Waals surface area contributed by atoms with E-state index in [0.717, 1.165) is 63.4 Å². The fraction of sp³-hybridized carbons (Fsp3) is 0.929. The smallest absolute Gasteiger partial charge is 0.331 e. The number of carbonyl (C=O) groups excluding carboxylic acids is 1. The molecule has 24 unspecified atom stereocenters. The Morgan fingerprint density at radius 2 is 1.16 bits per heavy atom. The number of carbonyl (C=O) groups is 1. The molecule has 16 nitrogen and oxygen atoms in total. The van der Waals surface area contributed by atoms with E-state index in [1.807, 2.05) is 0 Å². The van der Waals surface area contributed by atoms with Crippen molar-refractivity contribution >= 4 is 5.97 Å². The molecule has 0 aromatic rings. The highest BCUT2D eigenvalue weighted by Gasteiger charge is 2.60. The molecule has 0 aromatic carbocycles. The normalized spacial score (nSPS) is 56.1. The number of ether oxygens (including phenoxy) is 7. The Balaban J connectivity index is 0.915. The van der Waals surface area contributed by atoms with E-state index in [0.29, 0.717) is 24.4 Å². The lowest BCUT2D eigenvalue weighted by Crippen LogP contribution is -2.65. The van der Waals surface area contributed by atoms with Gasteiger partial charge in [0.25, 0.3) is 0 Å². The maximum Gasteiger partial charge on any atom is 0.331 e. The van der Waals surface area contributed by atoms with E-state index >= 15 is 0 Å². The molecule has 7 fully saturated rings. The molecule has 2 bridgehead atoms. The number of fused-ring (bicyclic) bond motifs is 6. The van der Waals surface area contributed by atoms with Crippen molar-refractivity contribution in [3.8, 4) is 0 Å². The molecular weight excluding hydrogens is 760 g/mol. The van der Waals surface area contributed by atoms with Crippen LogP contribution in [0, 0.1) is 40.4 Å². The second-order valence-corrected chi connectivity index (χ2v) is 19.5. The van der Waals surface area contributed by atoms with Crippen LogP contribution in [-0.2, 0) is 38.0 Å². The molecule has 8 N–H and O–H groups in total. The summed E-state index contributed by atoms with van der Waals surface area (Å²) < 4.78 is 41.1. The van der Waals surface area contributed by atoms with Crippen molar-refractivity contribution in [1.29, 1.82) is 0 Å². The zero-order valence-corrected chi connectivity index (χ0v) is 34.2. The maximum atomic E-state index is 12.0. The summed E-state index contributed by atoms with van der Waals surface area (Å²) >= 11 is 0. The third kappa shape index (κ3) is 7.41. The van der Waals surface area contributed by atoms with E-state index < -0.39 is 98.2 Å². The van der Waals surface area contributed by atoms with Gasteiger partial charge in [-0.05, 0) is 119 Å². The molecule has 8 rings (SSSR count). The van der Waals surface area contributed by atoms with Gasteiger partial charge in [-0.1, -0.05) is 13.8 Å². The number of aliphatic hydroxyl groups is 8. The van der Waals surface area contributed by atoms with Crippen LogP contribution in [0.15, 0.2) is 11.6 Å². The second kappa shape index (κ2) is 16.4. The first-order valence-corrected chi connectivity index (χ1v) is 21.7. The summed E-state index contributed by atoms with van der Waals surface area (Å²) in [5.74, 6) is 1.28. The summed E-state index contributed by atoms with van der Waals surface area (Å²) in [5.41, 5.74) is 0.752. The van der Waals surface area contributed by atoms with Crippen molar-refractivity contribution < 1.29 is 78.8 Å². The first kappa shape index (κ1) is 43.3. The lowest BCUT2D eigenvalue weighted by Gasteiger charge is -2.57. The van der Waals surface area contributed by atoms with Gasteiger partial charge < -0.3 is 74.0 Å². The predicted octanol–water partition coefficient (Wildman–Crippen LogP) is 0.406. The number of esters is 1. The summed E-state index contributed by atoms with van der Waals surface area (Å²) in [6.07, 6.45) is -11.0. The van der Waals surface area contributed by atoms with E-state index in [2.05, 4.69) is 13.8 Å². The number of hydrogen-bond donors (Lipinski definition) is 8. The van der Waals surface area contributed by atoms with Crippen LogP contribution >= 0.6 is 0 Å². The molecule has 0 spiro atoms. The zero-order chi connectivity index (χ0) is 41.6. The van der Waals surface area contributed by atoms with Crippen molar-refractivity contribution in [1.82, 2.24) is 0 Å². The van der Waals surface area contributed by atoms with Crippen molar-refractivity contribution in [2.45, 2.75) is 197 Å². The van der Waals surface area contributed by atoms with Gasteiger partial charge in [-0.25, -0.2) is 4.79 Å². The molecule has 4 aliphatic carbocycles. The molecule has 8 aliphatic rings. The third-order valence-corrected chi connectivity index (χ3v) is 16.3. The molecule has 24 atom stereocenters. The minimum atomic E-state index is -1.69. The Hall–Kier alpha value is -1.35. The van der Waals surface area contributed by atoms with Gasteiger partial charge in [-0.15, -0.1) is 0 Å². The number of cyclic esters (lactones) is 1. The second-order valence-electron chi connectivity index (χ2n) is 19.5. The van der Waals surface area contributed by atoms with Crippen LogP contribution in [-0.4, -0.2) is 158 Å². The SMILES string of the molecule is CC1OC(OC2C(O)C(C)OC(OC3C(O)C(C)OC(OC4CCC5(C)C(CCC6C7CCC(C8=CC(=O)OC8)C(C)(CCC65)C7O)C4)C3O)C2O)C(O)C(O)C1O. The van der Waals surface area contributed by atoms with Crippen LogP contribution in [0.3, 0.4) is 0 Å². The van der Waals surface area contributed by atoms with Crippen LogP contribution in [0.5, 0.6) is 0 Å². The van der Waals surface area contributed by atoms with E-state index in [1.54, 1.807) is 13.0 Å². The van der Waals surface area contributed by atoms with E-state index in [-0.39, 0.29) is 34.7 Å². The monoisotopic (exact) mass is 826 g/mol. The molecule has 4 saturated carbocycles. The van der Waals surface area contributed by atoms with Crippen LogP contribution in [0.4, 0.5) is 0 Å². The molecule has 3 saturated heterocycles. The summed E-state index contributed by atoms with van der Waals surface area (Å²) in [6, 6.07) is 0. The summed E-state index contributed by atoms with van der Waals surface area (Å²) in [6.45, 7) is 9.60. The lowest BCUT2D eigenvalue weighted by atomic mass is 9.49. The minimum Gasteiger partial charge on any atom is -0.458 e. The van der Waals surface area contributed by atoms with Crippen LogP contribution in [0.2, 0.25) is 0 Å². The molecule has 4 aliphatic heterocycles. The van der Waals surface area contributed by atoms with Gasteiger partial charge >= 0.3 is 5.97 Å². The molecule has 16 heteroatoms. The number of hydrogen-bond acceptors (Lipinski definition) is 16. The average Bonchev–Trinajstić information content (AvgIpc) is 3.60. The Morgan fingerprint density at radius 3 is 1.76 bits per heavy atom. The van der Waals surface area contributed by atoms with Crippen LogP contribution in [0.25, 0.3) is 0 Å². The fourth-order valence-corrected chi connectivity index (χ4v) is 12.7. The van der Waals surface area contributed by atoms with E-state index in [1.165, 1.54) is 13.8 Å². The number of rotatable bonds is 7. The van der Waals surface area contributed by atoms with Crippen molar-refractivity contribution in [3.63, 3.8) is 0 Å². The highest BCUT2D eigenvalue weighted by molar-refractivity contribution is 5.85. The van der Waals surface area contributed by atoms with Gasteiger partial charge in [0.1, 0.15) is 61.5 Å². The topological polar surface area (TPSA) is 244 Å². The summed E-state index contributed by atoms with van der Waals surface area (Å²) in [4.78, 5) is 12.0. The lowest BCUT2D eigenvalue weighted by molar-refractivity contribution is -0.377. The van der Waals surface area contributed by atoms with Gasteiger partial charge in [-0.3, -0.25) is 0 Å². The number of aliphatic hydroxyl groups excluding tert-OH is 8. The Kier molecular flexibility index (Phi) is 12.2. The van der Waals surface area contributed by atoms with Crippen molar-refractivity contribution in [2.75, 3.05) is 6.61 Å². The van der Waals surface area contributed by atoms with E-state index in [4.69, 9.17) is 33.2 Å². The summed E-state index contributed by atoms with van der Waals surface area (Å²) in [7, 11) is 0. The maximum absolute atomic E-state index is 12.0. The van der Waals surface area contributed by atoms with Gasteiger partial charge in [0.15, 0.2) is 18.9 Å². The predicted molar refractivity (Wildman–Crippen MR) is 200 cm³/mol. The van der Waals surface area contributed by atoms with Crippen molar-refractivity contribution in [3.05, 3.63) is 11.6 Å². The van der Waals surface area contributed by atoms with E-state index in [9.17, 15) is 45.6 Å². The Morgan fingerprint density at radius 1 is 0.603 bits per heavy atom. The van der Waals surface area contributed by atoms with Gasteiger partial charge in [0.05, 0.1) is 30.5 Å². The Bertz CT molecular complexity index is 1510. The quantitative estimate of drug-likeness (QED) is 0.128. The molecule has 0 aromatic heterocycles. The average molecular weight is 827 g/mol. The van der Waals surface area contributed by atoms with Crippen LogP contribution in [0.1, 0.15) is 92.4 Å². The molecule has 0 radical (unpaired) electrons. The molecule has 330 valence electrons. The third-order valence-electron chi connectivity index (χ3n) is 16.3. The van der Waals surface area contributed by atoms with Gasteiger partial charge in [-0.2, -0.15) is 0 Å². The van der Waals surface area contributed by atoms with Crippen LogP contribution < -0.4 is 0 Å². The van der Waals surface area contributed by atoms with Gasteiger partial charge in [0.2, 0.25) is 0 Å². The minimum absolute atomic E-state index is 0.0433. The zero-order valence-electron chi connectivity index (χ0n) is 34.2. The summed E-state index contributed by atoms with van der Waals surface area (Å²) in [5, 5.41) is 88.0. The highest BCUT2D eigenvalue weighted by Crippen LogP contribution is 2.65.